The van der Waals surface area contributed by atoms with Gasteiger partial charge in [-0.15, -0.1) is 0 Å². The highest BCUT2D eigenvalue weighted by Gasteiger charge is 2.36. The molecule has 1 aliphatic heterocycles. The van der Waals surface area contributed by atoms with Gasteiger partial charge in [-0.3, -0.25) is 19.7 Å². The van der Waals surface area contributed by atoms with Crippen LogP contribution in [0, 0.1) is 13.8 Å². The molecule has 0 aliphatic carbocycles. The number of urea groups is 1. The number of carbonyl (C=O) groups is 4. The van der Waals surface area contributed by atoms with E-state index in [4.69, 9.17) is 4.74 Å². The van der Waals surface area contributed by atoms with Crippen LogP contribution in [-0.2, 0) is 14.4 Å². The number of barbiturate groups is 1. The molecule has 0 bridgehead atoms. The number of amides is 4. The van der Waals surface area contributed by atoms with Crippen molar-refractivity contribution in [3.8, 4) is 11.4 Å². The number of carbonyl (C=O) groups excluding carboxylic acids is 4. The average Bonchev–Trinajstić information content (AvgIpc) is 3.05. The number of rotatable bonds is 4. The summed E-state index contributed by atoms with van der Waals surface area (Å²) in [6.45, 7) is 5.10. The Morgan fingerprint density at radius 1 is 0.939 bits per heavy atom. The maximum Gasteiger partial charge on any atom is 0.335 e. The molecular formula is C25H21N3O5. The number of hydrogen-bond donors (Lipinski definition) is 1. The third kappa shape index (κ3) is 4.18. The van der Waals surface area contributed by atoms with Gasteiger partial charge in [-0.2, -0.15) is 0 Å². The predicted octanol–water partition coefficient (Wildman–Crippen LogP) is 3.69. The number of aryl methyl sites for hydroxylation is 1. The average molecular weight is 443 g/mol. The molecule has 2 heterocycles. The molecular weight excluding hydrogens is 422 g/mol. The minimum absolute atomic E-state index is 0.135. The van der Waals surface area contributed by atoms with Crippen LogP contribution < -0.4 is 15.0 Å². The summed E-state index contributed by atoms with van der Waals surface area (Å²) in [6.07, 6.45) is 1.49. The van der Waals surface area contributed by atoms with Crippen LogP contribution in [0.5, 0.6) is 5.75 Å². The number of ether oxygens (including phenoxy) is 1. The van der Waals surface area contributed by atoms with E-state index in [0.29, 0.717) is 17.0 Å². The quantitative estimate of drug-likeness (QED) is 0.287. The molecule has 8 heteroatoms. The molecule has 33 heavy (non-hydrogen) atoms. The fraction of sp³-hybridized carbons (Fsp3) is 0.120. The molecule has 1 saturated heterocycles. The zero-order valence-electron chi connectivity index (χ0n) is 18.3. The Bertz CT molecular complexity index is 1300. The summed E-state index contributed by atoms with van der Waals surface area (Å²) < 4.78 is 7.03. The Hall–Kier alpha value is -4.46. The van der Waals surface area contributed by atoms with Crippen molar-refractivity contribution >= 4 is 35.6 Å². The number of nitrogens with zero attached hydrogens (tertiary/aromatic N) is 2. The molecule has 4 amide bonds. The zero-order chi connectivity index (χ0) is 23.7. The zero-order valence-corrected chi connectivity index (χ0v) is 18.3. The topological polar surface area (TPSA) is 97.7 Å². The maximum atomic E-state index is 13.1. The number of imide groups is 2. The van der Waals surface area contributed by atoms with E-state index in [1.165, 1.54) is 13.0 Å². The largest absolute Gasteiger partial charge is 0.427 e. The van der Waals surface area contributed by atoms with Crippen LogP contribution in [0.1, 0.15) is 23.9 Å². The van der Waals surface area contributed by atoms with Gasteiger partial charge < -0.3 is 9.30 Å². The Morgan fingerprint density at radius 3 is 2.24 bits per heavy atom. The van der Waals surface area contributed by atoms with Crippen LogP contribution in [0.15, 0.2) is 66.2 Å². The second-order valence-corrected chi connectivity index (χ2v) is 7.54. The van der Waals surface area contributed by atoms with Crippen molar-refractivity contribution in [3.63, 3.8) is 0 Å². The van der Waals surface area contributed by atoms with Crippen molar-refractivity contribution < 1.29 is 23.9 Å². The Labute approximate surface area is 190 Å². The van der Waals surface area contributed by atoms with Crippen LogP contribution in [-0.4, -0.2) is 28.4 Å². The highest BCUT2D eigenvalue weighted by atomic mass is 16.5. The molecule has 1 aliphatic rings. The minimum Gasteiger partial charge on any atom is -0.427 e. The number of nitrogens with one attached hydrogen (secondary N) is 1. The molecule has 166 valence electrons. The fourth-order valence-electron chi connectivity index (χ4n) is 3.78. The monoisotopic (exact) mass is 443 g/mol. The summed E-state index contributed by atoms with van der Waals surface area (Å²) in [4.78, 5) is 50.0. The second kappa shape index (κ2) is 8.58. The first-order valence-electron chi connectivity index (χ1n) is 10.2. The molecule has 4 rings (SSSR count). The molecule has 0 atom stereocenters. The van der Waals surface area contributed by atoms with E-state index in [2.05, 4.69) is 5.32 Å². The minimum atomic E-state index is -0.785. The Morgan fingerprint density at radius 2 is 1.61 bits per heavy atom. The number of para-hydroxylation sites is 1. The normalized spacial score (nSPS) is 15.1. The first-order chi connectivity index (χ1) is 15.8. The Kier molecular flexibility index (Phi) is 5.66. The van der Waals surface area contributed by atoms with Crippen molar-refractivity contribution in [1.29, 1.82) is 0 Å². The van der Waals surface area contributed by atoms with Gasteiger partial charge >= 0.3 is 12.0 Å². The van der Waals surface area contributed by atoms with Gasteiger partial charge in [0.05, 0.1) is 5.69 Å². The van der Waals surface area contributed by atoms with Crippen molar-refractivity contribution in [1.82, 2.24) is 9.88 Å². The fourth-order valence-corrected chi connectivity index (χ4v) is 3.78. The van der Waals surface area contributed by atoms with Crippen LogP contribution >= 0.6 is 0 Å². The van der Waals surface area contributed by atoms with Gasteiger partial charge in [0.1, 0.15) is 11.3 Å². The van der Waals surface area contributed by atoms with Gasteiger partial charge in [-0.1, -0.05) is 18.2 Å². The number of esters is 1. The van der Waals surface area contributed by atoms with Crippen molar-refractivity contribution in [3.05, 3.63) is 83.2 Å². The van der Waals surface area contributed by atoms with Gasteiger partial charge in [0.25, 0.3) is 11.8 Å². The van der Waals surface area contributed by atoms with Crippen LogP contribution in [0.2, 0.25) is 0 Å². The first-order valence-corrected chi connectivity index (χ1v) is 10.2. The molecule has 8 nitrogen and oxygen atoms in total. The molecule has 0 unspecified atom stereocenters. The molecule has 0 spiro atoms. The lowest BCUT2D eigenvalue weighted by Crippen LogP contribution is -2.54. The Balaban J connectivity index is 1.70. The standard InChI is InChI=1S/C25H21N3O5/c1-15-13-18(16(2)27(15)20-9-11-21(12-10-20)33-17(3)29)14-22-23(30)26-25(32)28(24(22)31)19-7-5-4-6-8-19/h4-14H,1-3H3,(H,26,30,32)/b22-14+. The summed E-state index contributed by atoms with van der Waals surface area (Å²) in [5.41, 5.74) is 3.40. The summed E-state index contributed by atoms with van der Waals surface area (Å²) >= 11 is 0. The molecule has 3 aromatic rings. The number of aromatic nitrogens is 1. The third-order valence-electron chi connectivity index (χ3n) is 5.24. The van der Waals surface area contributed by atoms with Crippen molar-refractivity contribution in [2.24, 2.45) is 0 Å². The third-order valence-corrected chi connectivity index (χ3v) is 5.24. The second-order valence-electron chi connectivity index (χ2n) is 7.54. The van der Waals surface area contributed by atoms with E-state index >= 15 is 0 Å². The summed E-state index contributed by atoms with van der Waals surface area (Å²) in [6, 6.07) is 16.5. The van der Waals surface area contributed by atoms with E-state index in [9.17, 15) is 19.2 Å². The smallest absolute Gasteiger partial charge is 0.335 e. The van der Waals surface area contributed by atoms with Crippen molar-refractivity contribution in [2.75, 3.05) is 4.90 Å². The lowest BCUT2D eigenvalue weighted by Gasteiger charge is -2.26. The van der Waals surface area contributed by atoms with E-state index < -0.39 is 23.8 Å². The lowest BCUT2D eigenvalue weighted by molar-refractivity contribution is -0.132. The number of hydrogen-bond acceptors (Lipinski definition) is 5. The summed E-state index contributed by atoms with van der Waals surface area (Å²) in [5, 5.41) is 2.23. The van der Waals surface area contributed by atoms with Gasteiger partial charge in [-0.05, 0) is 68.0 Å². The van der Waals surface area contributed by atoms with E-state index in [-0.39, 0.29) is 5.57 Å². The van der Waals surface area contributed by atoms with Crippen LogP contribution in [0.3, 0.4) is 0 Å². The van der Waals surface area contributed by atoms with Gasteiger partial charge in [-0.25, -0.2) is 9.69 Å². The highest BCUT2D eigenvalue weighted by Crippen LogP contribution is 2.26. The van der Waals surface area contributed by atoms with Gasteiger partial charge in [0, 0.05) is 24.0 Å². The van der Waals surface area contributed by atoms with E-state index in [1.54, 1.807) is 42.5 Å². The van der Waals surface area contributed by atoms with Crippen LogP contribution in [0.4, 0.5) is 10.5 Å². The van der Waals surface area contributed by atoms with E-state index in [0.717, 1.165) is 22.0 Å². The molecule has 0 saturated carbocycles. The van der Waals surface area contributed by atoms with Crippen molar-refractivity contribution in [2.45, 2.75) is 20.8 Å². The van der Waals surface area contributed by atoms with E-state index in [1.807, 2.05) is 36.6 Å². The number of benzene rings is 2. The first kappa shape index (κ1) is 21.8. The van der Waals surface area contributed by atoms with Crippen LogP contribution in [0.25, 0.3) is 11.8 Å². The summed E-state index contributed by atoms with van der Waals surface area (Å²) in [7, 11) is 0. The van der Waals surface area contributed by atoms with Gasteiger partial charge in [0.15, 0.2) is 0 Å². The molecule has 1 fully saturated rings. The lowest BCUT2D eigenvalue weighted by atomic mass is 10.1. The SMILES string of the molecule is CC(=O)Oc1ccc(-n2c(C)cc(/C=C3\C(=O)NC(=O)N(c4ccccc4)C3=O)c2C)cc1. The predicted molar refractivity (Wildman–Crippen MR) is 122 cm³/mol. The summed E-state index contributed by atoms with van der Waals surface area (Å²) in [5.74, 6) is -1.40. The molecule has 0 radical (unpaired) electrons. The molecule has 1 N–H and O–H groups in total. The maximum absolute atomic E-state index is 13.1. The molecule has 2 aromatic carbocycles. The molecule has 1 aromatic heterocycles. The highest BCUT2D eigenvalue weighted by molar-refractivity contribution is 6.39. The van der Waals surface area contributed by atoms with Gasteiger partial charge in [0.2, 0.25) is 0 Å². The number of anilines is 1.